The van der Waals surface area contributed by atoms with E-state index in [-0.39, 0.29) is 11.6 Å². The molecule has 0 saturated heterocycles. The number of fused-ring (bicyclic) bond motifs is 1. The fourth-order valence-electron chi connectivity index (χ4n) is 3.32. The highest BCUT2D eigenvalue weighted by Gasteiger charge is 2.46. The Kier molecular flexibility index (Phi) is 3.36. The molecule has 1 saturated carbocycles. The Bertz CT molecular complexity index is 723. The summed E-state index contributed by atoms with van der Waals surface area (Å²) < 4.78 is 28.2. The van der Waals surface area contributed by atoms with Crippen LogP contribution in [0.3, 0.4) is 0 Å². The van der Waals surface area contributed by atoms with Gasteiger partial charge in [-0.1, -0.05) is 24.3 Å². The number of halogens is 3. The van der Waals surface area contributed by atoms with Gasteiger partial charge in [0.25, 0.3) is 6.43 Å². The second-order valence-corrected chi connectivity index (χ2v) is 6.78. The van der Waals surface area contributed by atoms with E-state index >= 15 is 0 Å². The van der Waals surface area contributed by atoms with Crippen LogP contribution in [0.4, 0.5) is 14.6 Å². The van der Waals surface area contributed by atoms with Crippen LogP contribution in [0.25, 0.3) is 0 Å². The third kappa shape index (κ3) is 2.39. The van der Waals surface area contributed by atoms with E-state index in [4.69, 9.17) is 0 Å². The van der Waals surface area contributed by atoms with Gasteiger partial charge in [0.15, 0.2) is 5.82 Å². The predicted molar refractivity (Wildman–Crippen MR) is 84.2 cm³/mol. The van der Waals surface area contributed by atoms with Crippen molar-refractivity contribution in [1.29, 1.82) is 0 Å². The molecule has 4 rings (SSSR count). The van der Waals surface area contributed by atoms with E-state index in [1.165, 1.54) is 12.1 Å². The maximum Gasteiger partial charge on any atom is 0.263 e. The van der Waals surface area contributed by atoms with Crippen LogP contribution >= 0.6 is 15.9 Å². The van der Waals surface area contributed by atoms with Gasteiger partial charge in [0.05, 0.1) is 16.9 Å². The molecular weight excluding hydrogens is 352 g/mol. The van der Waals surface area contributed by atoms with Crippen molar-refractivity contribution < 1.29 is 8.78 Å². The Balaban J connectivity index is 1.54. The number of hydrogen-bond donors (Lipinski definition) is 0. The van der Waals surface area contributed by atoms with Gasteiger partial charge < -0.3 is 0 Å². The zero-order valence-corrected chi connectivity index (χ0v) is 13.2. The Labute approximate surface area is 135 Å². The molecule has 1 unspecified atom stereocenters. The summed E-state index contributed by atoms with van der Waals surface area (Å²) in [7, 11) is 0. The SMILES string of the molecule is FC(F)c1ccc([C@H]2C[C@@H]2C2CC(Br)=Nc3ccnn32)cc1. The lowest BCUT2D eigenvalue weighted by atomic mass is 10.0. The third-order valence-corrected chi connectivity index (χ3v) is 5.03. The molecule has 3 atom stereocenters. The maximum absolute atomic E-state index is 12.6. The second-order valence-electron chi connectivity index (χ2n) is 5.87. The van der Waals surface area contributed by atoms with E-state index in [2.05, 4.69) is 26.0 Å². The number of benzene rings is 1. The summed E-state index contributed by atoms with van der Waals surface area (Å²) in [4.78, 5) is 4.45. The van der Waals surface area contributed by atoms with Gasteiger partial charge in [-0.3, -0.25) is 0 Å². The van der Waals surface area contributed by atoms with Crippen molar-refractivity contribution in [2.24, 2.45) is 10.9 Å². The van der Waals surface area contributed by atoms with Crippen LogP contribution in [0, 0.1) is 5.92 Å². The average Bonchev–Trinajstić information content (AvgIpc) is 3.17. The lowest BCUT2D eigenvalue weighted by molar-refractivity contribution is 0.151. The molecule has 0 spiro atoms. The summed E-state index contributed by atoms with van der Waals surface area (Å²) in [6.45, 7) is 0. The fraction of sp³-hybridized carbons (Fsp3) is 0.375. The first-order valence-electron chi connectivity index (χ1n) is 7.28. The Morgan fingerprint density at radius 3 is 2.68 bits per heavy atom. The molecule has 0 N–H and O–H groups in total. The molecule has 1 aliphatic carbocycles. The molecule has 22 heavy (non-hydrogen) atoms. The molecule has 2 heterocycles. The zero-order valence-electron chi connectivity index (χ0n) is 11.7. The molecule has 0 amide bonds. The quantitative estimate of drug-likeness (QED) is 0.752. The van der Waals surface area contributed by atoms with Crippen molar-refractivity contribution in [3.63, 3.8) is 0 Å². The number of nitrogens with zero attached hydrogens (tertiary/aromatic N) is 3. The van der Waals surface area contributed by atoms with E-state index in [0.29, 0.717) is 11.8 Å². The van der Waals surface area contributed by atoms with Crippen LogP contribution in [-0.2, 0) is 0 Å². The number of rotatable bonds is 3. The van der Waals surface area contributed by atoms with Gasteiger partial charge in [0, 0.05) is 18.1 Å². The van der Waals surface area contributed by atoms with E-state index in [1.807, 2.05) is 22.9 Å². The molecule has 1 fully saturated rings. The van der Waals surface area contributed by atoms with E-state index in [9.17, 15) is 8.78 Å². The highest BCUT2D eigenvalue weighted by atomic mass is 79.9. The first-order valence-corrected chi connectivity index (χ1v) is 8.07. The third-order valence-electron chi connectivity index (χ3n) is 4.53. The molecule has 1 aromatic heterocycles. The smallest absolute Gasteiger partial charge is 0.244 e. The topological polar surface area (TPSA) is 30.2 Å². The zero-order chi connectivity index (χ0) is 15.3. The number of aromatic nitrogens is 2. The van der Waals surface area contributed by atoms with Crippen molar-refractivity contribution in [3.8, 4) is 0 Å². The number of hydrogen-bond acceptors (Lipinski definition) is 2. The molecule has 6 heteroatoms. The highest BCUT2D eigenvalue weighted by Crippen LogP contribution is 2.56. The number of aliphatic imine (C=N–C) groups is 1. The van der Waals surface area contributed by atoms with Gasteiger partial charge in [-0.25, -0.2) is 18.5 Å². The molecule has 0 radical (unpaired) electrons. The molecule has 3 nitrogen and oxygen atoms in total. The Morgan fingerprint density at radius 1 is 1.18 bits per heavy atom. The minimum Gasteiger partial charge on any atom is -0.244 e. The summed E-state index contributed by atoms with van der Waals surface area (Å²) >= 11 is 3.51. The van der Waals surface area contributed by atoms with Gasteiger partial charge in [-0.15, -0.1) is 0 Å². The maximum atomic E-state index is 12.6. The van der Waals surface area contributed by atoms with Crippen molar-refractivity contribution in [3.05, 3.63) is 47.7 Å². The van der Waals surface area contributed by atoms with Gasteiger partial charge in [0.1, 0.15) is 0 Å². The summed E-state index contributed by atoms with van der Waals surface area (Å²) in [6, 6.07) is 8.93. The molecule has 0 bridgehead atoms. The van der Waals surface area contributed by atoms with E-state index in [1.54, 1.807) is 6.20 Å². The van der Waals surface area contributed by atoms with E-state index < -0.39 is 6.43 Å². The lowest BCUT2D eigenvalue weighted by Gasteiger charge is -2.22. The summed E-state index contributed by atoms with van der Waals surface area (Å²) in [5.74, 6) is 1.79. The summed E-state index contributed by atoms with van der Waals surface area (Å²) in [5, 5.41) is 4.39. The molecule has 1 aliphatic heterocycles. The fourth-order valence-corrected chi connectivity index (χ4v) is 3.84. The number of alkyl halides is 2. The minimum absolute atomic E-state index is 0.0860. The van der Waals surface area contributed by atoms with Crippen LogP contribution in [0.5, 0.6) is 0 Å². The van der Waals surface area contributed by atoms with Crippen LogP contribution in [0.1, 0.15) is 42.4 Å². The van der Waals surface area contributed by atoms with Crippen LogP contribution in [0.2, 0.25) is 0 Å². The second kappa shape index (κ2) is 5.26. The van der Waals surface area contributed by atoms with Crippen molar-refractivity contribution >= 4 is 26.4 Å². The minimum atomic E-state index is -2.40. The molecular formula is C16H14BrF2N3. The van der Waals surface area contributed by atoms with Crippen molar-refractivity contribution in [2.75, 3.05) is 0 Å². The van der Waals surface area contributed by atoms with Gasteiger partial charge in [-0.2, -0.15) is 5.10 Å². The van der Waals surface area contributed by atoms with Crippen LogP contribution in [-0.4, -0.2) is 14.4 Å². The van der Waals surface area contributed by atoms with Crippen molar-refractivity contribution in [1.82, 2.24) is 9.78 Å². The van der Waals surface area contributed by atoms with Crippen LogP contribution < -0.4 is 0 Å². The standard InChI is InChI=1S/C16H14BrF2N3/c17-14-8-13(22-15(21-14)5-6-20-22)12-7-11(12)9-1-3-10(4-2-9)16(18)19/h1-6,11-13,16H,7-8H2/t11-,12+,13?/m1/s1. The highest BCUT2D eigenvalue weighted by molar-refractivity contribution is 9.18. The largest absolute Gasteiger partial charge is 0.263 e. The monoisotopic (exact) mass is 365 g/mol. The van der Waals surface area contributed by atoms with Gasteiger partial charge in [0.2, 0.25) is 0 Å². The Morgan fingerprint density at radius 2 is 1.95 bits per heavy atom. The molecule has 114 valence electrons. The summed E-state index contributed by atoms with van der Waals surface area (Å²) in [5.41, 5.74) is 1.23. The first kappa shape index (κ1) is 14.1. The lowest BCUT2D eigenvalue weighted by Crippen LogP contribution is -2.19. The van der Waals surface area contributed by atoms with Crippen molar-refractivity contribution in [2.45, 2.75) is 31.2 Å². The average molecular weight is 366 g/mol. The van der Waals surface area contributed by atoms with Gasteiger partial charge >= 0.3 is 0 Å². The van der Waals surface area contributed by atoms with E-state index in [0.717, 1.165) is 28.8 Å². The van der Waals surface area contributed by atoms with Gasteiger partial charge in [-0.05, 0) is 39.8 Å². The first-order chi connectivity index (χ1) is 10.6. The molecule has 1 aromatic carbocycles. The molecule has 2 aliphatic rings. The Hall–Kier alpha value is -1.56. The van der Waals surface area contributed by atoms with Crippen LogP contribution in [0.15, 0.2) is 41.5 Å². The summed E-state index contributed by atoms with van der Waals surface area (Å²) in [6.07, 6.45) is 1.27. The normalized spacial score (nSPS) is 26.7. The molecule has 2 aromatic rings. The predicted octanol–water partition coefficient (Wildman–Crippen LogP) is 4.99.